The Labute approximate surface area is 180 Å². The Bertz CT molecular complexity index is 733. The molecule has 2 aromatic rings. The Morgan fingerprint density at radius 2 is 1.53 bits per heavy atom. The van der Waals surface area contributed by atoms with E-state index in [1.165, 1.54) is 0 Å². The van der Waals surface area contributed by atoms with Crippen LogP contribution in [0.1, 0.15) is 44.2 Å². The third-order valence-corrected chi connectivity index (χ3v) is 5.40. The molecule has 0 aliphatic carbocycles. The van der Waals surface area contributed by atoms with Gasteiger partial charge in [0.05, 0.1) is 31.5 Å². The Morgan fingerprint density at radius 1 is 0.967 bits per heavy atom. The van der Waals surface area contributed by atoms with Crippen molar-refractivity contribution in [3.63, 3.8) is 0 Å². The van der Waals surface area contributed by atoms with Gasteiger partial charge in [0, 0.05) is 6.42 Å². The first kappa shape index (κ1) is 22.7. The summed E-state index contributed by atoms with van der Waals surface area (Å²) in [7, 11) is 0. The lowest BCUT2D eigenvalue weighted by atomic mass is 10.0. The summed E-state index contributed by atoms with van der Waals surface area (Å²) in [5.41, 5.74) is 2.29. The second kappa shape index (κ2) is 12.0. The summed E-state index contributed by atoms with van der Waals surface area (Å²) in [6, 6.07) is 20.4. The fourth-order valence-electron chi connectivity index (χ4n) is 3.59. The van der Waals surface area contributed by atoms with Gasteiger partial charge in [-0.1, -0.05) is 66.7 Å². The molecule has 1 fully saturated rings. The minimum Gasteiger partial charge on any atom is -0.371 e. The van der Waals surface area contributed by atoms with Crippen LogP contribution in [0.2, 0.25) is 0 Å². The van der Waals surface area contributed by atoms with Crippen molar-refractivity contribution >= 4 is 0 Å². The molecule has 0 saturated carbocycles. The van der Waals surface area contributed by atoms with E-state index in [9.17, 15) is 0 Å². The van der Waals surface area contributed by atoms with Gasteiger partial charge in [-0.25, -0.2) is 0 Å². The molecule has 1 saturated heterocycles. The van der Waals surface area contributed by atoms with E-state index in [0.29, 0.717) is 13.2 Å². The molecule has 1 heterocycles. The smallest absolute Gasteiger partial charge is 0.184 e. The molecular formula is C26H34O4. The lowest BCUT2D eigenvalue weighted by Crippen LogP contribution is -2.50. The van der Waals surface area contributed by atoms with E-state index >= 15 is 0 Å². The first-order chi connectivity index (χ1) is 14.7. The standard InChI is InChI=1S/C26H34O4/c1-4-5-12-20(2)29-26-25(28-19-23-15-10-7-11-16-23)17-24(21(3)30-26)27-18-22-13-8-6-9-14-22/h4,6-11,13-16,20-21,24-26H,1,5,12,17-19H2,2-3H3/t20?,21-,24+,25-,26?/m1/s1. The Morgan fingerprint density at radius 3 is 2.10 bits per heavy atom. The topological polar surface area (TPSA) is 36.9 Å². The van der Waals surface area contributed by atoms with Crippen LogP contribution in [-0.4, -0.2) is 30.7 Å². The zero-order valence-electron chi connectivity index (χ0n) is 18.1. The summed E-state index contributed by atoms with van der Waals surface area (Å²) in [5.74, 6) is 0. The predicted octanol–water partition coefficient (Wildman–Crippen LogP) is 5.66. The molecule has 30 heavy (non-hydrogen) atoms. The number of allylic oxidation sites excluding steroid dienone is 1. The molecule has 2 aromatic carbocycles. The van der Waals surface area contributed by atoms with Crippen LogP contribution in [0.4, 0.5) is 0 Å². The maximum absolute atomic E-state index is 6.27. The van der Waals surface area contributed by atoms with Gasteiger partial charge in [-0.2, -0.15) is 0 Å². The molecule has 1 aliphatic heterocycles. The SMILES string of the molecule is C=CCCC(C)OC1O[C@H](C)[C@@H](OCc2ccccc2)C[C@H]1OCc1ccccc1. The molecule has 5 atom stereocenters. The fraction of sp³-hybridized carbons (Fsp3) is 0.462. The maximum Gasteiger partial charge on any atom is 0.184 e. The number of hydrogen-bond acceptors (Lipinski definition) is 4. The van der Waals surface area contributed by atoms with Crippen molar-refractivity contribution in [2.24, 2.45) is 0 Å². The van der Waals surface area contributed by atoms with E-state index in [1.807, 2.05) is 49.4 Å². The number of hydrogen-bond donors (Lipinski definition) is 0. The van der Waals surface area contributed by atoms with Crippen molar-refractivity contribution in [2.45, 2.75) is 77.0 Å². The monoisotopic (exact) mass is 410 g/mol. The van der Waals surface area contributed by atoms with Crippen LogP contribution in [0.15, 0.2) is 73.3 Å². The summed E-state index contributed by atoms with van der Waals surface area (Å²) >= 11 is 0. The summed E-state index contributed by atoms with van der Waals surface area (Å²) in [6.45, 7) is 9.00. The lowest BCUT2D eigenvalue weighted by molar-refractivity contribution is -0.290. The second-order valence-electron chi connectivity index (χ2n) is 7.93. The highest BCUT2D eigenvalue weighted by Gasteiger charge is 2.38. The van der Waals surface area contributed by atoms with Crippen molar-refractivity contribution in [2.75, 3.05) is 0 Å². The van der Waals surface area contributed by atoms with Crippen molar-refractivity contribution in [3.05, 3.63) is 84.4 Å². The molecule has 4 heteroatoms. The highest BCUT2D eigenvalue weighted by molar-refractivity contribution is 5.14. The van der Waals surface area contributed by atoms with Crippen LogP contribution in [0.25, 0.3) is 0 Å². The van der Waals surface area contributed by atoms with E-state index in [0.717, 1.165) is 30.4 Å². The Hall–Kier alpha value is -1.98. The minimum absolute atomic E-state index is 0.0469. The van der Waals surface area contributed by atoms with E-state index in [4.69, 9.17) is 18.9 Å². The predicted molar refractivity (Wildman–Crippen MR) is 119 cm³/mol. The number of benzene rings is 2. The molecule has 4 nitrogen and oxygen atoms in total. The Kier molecular flexibility index (Phi) is 9.09. The van der Waals surface area contributed by atoms with Crippen LogP contribution in [0, 0.1) is 0 Å². The summed E-state index contributed by atoms with van der Waals surface area (Å²) < 4.78 is 24.9. The van der Waals surface area contributed by atoms with Gasteiger partial charge in [-0.05, 0) is 37.8 Å². The number of ether oxygens (including phenoxy) is 4. The van der Waals surface area contributed by atoms with Crippen LogP contribution in [-0.2, 0) is 32.2 Å². The van der Waals surface area contributed by atoms with Crippen molar-refractivity contribution in [1.82, 2.24) is 0 Å². The average Bonchev–Trinajstić information content (AvgIpc) is 2.77. The third-order valence-electron chi connectivity index (χ3n) is 5.40. The summed E-state index contributed by atoms with van der Waals surface area (Å²) in [6.07, 6.45) is 3.86. The molecular weight excluding hydrogens is 376 g/mol. The molecule has 3 rings (SSSR count). The van der Waals surface area contributed by atoms with Crippen LogP contribution < -0.4 is 0 Å². The largest absolute Gasteiger partial charge is 0.371 e. The molecule has 0 aromatic heterocycles. The van der Waals surface area contributed by atoms with Crippen molar-refractivity contribution in [3.8, 4) is 0 Å². The summed E-state index contributed by atoms with van der Waals surface area (Å²) in [4.78, 5) is 0. The quantitative estimate of drug-likeness (QED) is 0.448. The molecule has 0 spiro atoms. The van der Waals surface area contributed by atoms with Gasteiger partial charge in [0.25, 0.3) is 0 Å². The average molecular weight is 411 g/mol. The van der Waals surface area contributed by atoms with Gasteiger partial charge in [0.2, 0.25) is 0 Å². The third kappa shape index (κ3) is 7.06. The van der Waals surface area contributed by atoms with E-state index in [-0.39, 0.29) is 24.4 Å². The highest BCUT2D eigenvalue weighted by atomic mass is 16.7. The van der Waals surface area contributed by atoms with Crippen molar-refractivity contribution in [1.29, 1.82) is 0 Å². The van der Waals surface area contributed by atoms with Gasteiger partial charge < -0.3 is 18.9 Å². The highest BCUT2D eigenvalue weighted by Crippen LogP contribution is 2.28. The van der Waals surface area contributed by atoms with E-state index in [1.54, 1.807) is 0 Å². The first-order valence-electron chi connectivity index (χ1n) is 10.9. The van der Waals surface area contributed by atoms with E-state index < -0.39 is 6.29 Å². The zero-order chi connectivity index (χ0) is 21.2. The second-order valence-corrected chi connectivity index (χ2v) is 7.93. The normalized spacial score (nSPS) is 25.0. The molecule has 1 aliphatic rings. The van der Waals surface area contributed by atoms with Crippen LogP contribution in [0.5, 0.6) is 0 Å². The molecule has 162 valence electrons. The van der Waals surface area contributed by atoms with Crippen LogP contribution >= 0.6 is 0 Å². The molecule has 0 amide bonds. The molecule has 2 unspecified atom stereocenters. The van der Waals surface area contributed by atoms with Gasteiger partial charge in [-0.15, -0.1) is 6.58 Å². The van der Waals surface area contributed by atoms with Gasteiger partial charge in [0.15, 0.2) is 6.29 Å². The fourth-order valence-corrected chi connectivity index (χ4v) is 3.59. The van der Waals surface area contributed by atoms with Gasteiger partial charge in [0.1, 0.15) is 6.10 Å². The molecule has 0 bridgehead atoms. The maximum atomic E-state index is 6.27. The first-order valence-corrected chi connectivity index (χ1v) is 10.9. The summed E-state index contributed by atoms with van der Waals surface area (Å²) in [5, 5.41) is 0. The molecule has 0 N–H and O–H groups in total. The molecule has 0 radical (unpaired) electrons. The lowest BCUT2D eigenvalue weighted by Gasteiger charge is -2.40. The van der Waals surface area contributed by atoms with Gasteiger partial charge in [-0.3, -0.25) is 0 Å². The Balaban J connectivity index is 1.62. The van der Waals surface area contributed by atoms with Gasteiger partial charge >= 0.3 is 0 Å². The van der Waals surface area contributed by atoms with Crippen molar-refractivity contribution < 1.29 is 18.9 Å². The van der Waals surface area contributed by atoms with E-state index in [2.05, 4.69) is 37.8 Å². The number of rotatable bonds is 11. The van der Waals surface area contributed by atoms with Crippen LogP contribution in [0.3, 0.4) is 0 Å². The minimum atomic E-state index is -0.403. The zero-order valence-corrected chi connectivity index (χ0v) is 18.1.